The van der Waals surface area contributed by atoms with E-state index in [4.69, 9.17) is 10.6 Å². The van der Waals surface area contributed by atoms with Gasteiger partial charge in [-0.05, 0) is 30.0 Å². The molecule has 0 saturated heterocycles. The van der Waals surface area contributed by atoms with E-state index in [9.17, 15) is 0 Å². The molecular weight excluding hydrogens is 262 g/mol. The van der Waals surface area contributed by atoms with Crippen molar-refractivity contribution in [2.45, 2.75) is 39.7 Å². The van der Waals surface area contributed by atoms with Crippen molar-refractivity contribution in [2.75, 3.05) is 5.43 Å². The van der Waals surface area contributed by atoms with Gasteiger partial charge in [0.2, 0.25) is 0 Å². The molecule has 0 fully saturated rings. The summed E-state index contributed by atoms with van der Waals surface area (Å²) in [7, 11) is 0. The van der Waals surface area contributed by atoms with Crippen LogP contribution in [0, 0.1) is 6.92 Å². The van der Waals surface area contributed by atoms with Gasteiger partial charge in [-0.15, -0.1) is 0 Å². The van der Waals surface area contributed by atoms with E-state index in [1.807, 2.05) is 18.2 Å². The number of pyridine rings is 1. The Hall–Kier alpha value is -2.07. The number of hydrazine groups is 1. The quantitative estimate of drug-likeness (QED) is 0.666. The summed E-state index contributed by atoms with van der Waals surface area (Å²) in [6.45, 7) is 9.08. The lowest BCUT2D eigenvalue weighted by Crippen LogP contribution is -2.15. The molecule has 0 bridgehead atoms. The number of hydrogen-bond donors (Lipinski definition) is 2. The third kappa shape index (κ3) is 3.73. The zero-order valence-corrected chi connectivity index (χ0v) is 13.1. The van der Waals surface area contributed by atoms with Gasteiger partial charge < -0.3 is 10.2 Å². The highest BCUT2D eigenvalue weighted by atomic mass is 16.5. The summed E-state index contributed by atoms with van der Waals surface area (Å²) in [6, 6.07) is 10.1. The number of anilines is 1. The Morgan fingerprint density at radius 3 is 2.67 bits per heavy atom. The molecule has 0 atom stereocenters. The van der Waals surface area contributed by atoms with Crippen LogP contribution in [0.5, 0.6) is 5.75 Å². The van der Waals surface area contributed by atoms with Crippen LogP contribution in [-0.2, 0) is 12.0 Å². The highest BCUT2D eigenvalue weighted by Crippen LogP contribution is 2.32. The van der Waals surface area contributed by atoms with E-state index in [2.05, 4.69) is 50.2 Å². The van der Waals surface area contributed by atoms with Crippen LogP contribution in [0.4, 0.5) is 5.82 Å². The zero-order valence-electron chi connectivity index (χ0n) is 13.1. The molecule has 0 unspecified atom stereocenters. The molecule has 0 amide bonds. The smallest absolute Gasteiger partial charge is 0.146 e. The number of aromatic nitrogens is 1. The summed E-state index contributed by atoms with van der Waals surface area (Å²) in [5, 5.41) is 0. The summed E-state index contributed by atoms with van der Waals surface area (Å²) >= 11 is 0. The van der Waals surface area contributed by atoms with Gasteiger partial charge in [-0.25, -0.2) is 10.8 Å². The highest BCUT2D eigenvalue weighted by Gasteiger charge is 2.19. The number of nitrogens with zero attached hydrogens (tertiary/aromatic N) is 1. The van der Waals surface area contributed by atoms with Crippen molar-refractivity contribution in [3.63, 3.8) is 0 Å². The molecule has 1 heterocycles. The van der Waals surface area contributed by atoms with Gasteiger partial charge in [0.05, 0.1) is 0 Å². The minimum absolute atomic E-state index is 0.0330. The van der Waals surface area contributed by atoms with E-state index in [1.165, 1.54) is 11.1 Å². The Balaban J connectivity index is 2.24. The molecule has 2 rings (SSSR count). The molecule has 0 spiro atoms. The van der Waals surface area contributed by atoms with E-state index in [-0.39, 0.29) is 5.41 Å². The second kappa shape index (κ2) is 6.14. The highest BCUT2D eigenvalue weighted by molar-refractivity contribution is 5.44. The summed E-state index contributed by atoms with van der Waals surface area (Å²) in [4.78, 5) is 4.18. The maximum atomic E-state index is 6.01. The van der Waals surface area contributed by atoms with Crippen LogP contribution in [0.3, 0.4) is 0 Å². The SMILES string of the molecule is Cc1ccc(OCc2cccnc2NN)c(C(C)(C)C)c1. The number of benzene rings is 1. The number of ether oxygens (including phenoxy) is 1. The summed E-state index contributed by atoms with van der Waals surface area (Å²) in [5.41, 5.74) is 6.00. The maximum Gasteiger partial charge on any atom is 0.146 e. The molecule has 0 saturated carbocycles. The summed E-state index contributed by atoms with van der Waals surface area (Å²) in [6.07, 6.45) is 1.70. The van der Waals surface area contributed by atoms with Crippen LogP contribution in [0.1, 0.15) is 37.5 Å². The Labute approximate surface area is 126 Å². The van der Waals surface area contributed by atoms with Gasteiger partial charge in [-0.3, -0.25) is 0 Å². The maximum absolute atomic E-state index is 6.01. The molecule has 1 aromatic heterocycles. The van der Waals surface area contributed by atoms with Gasteiger partial charge in [0, 0.05) is 11.8 Å². The van der Waals surface area contributed by atoms with Crippen molar-refractivity contribution >= 4 is 5.82 Å². The number of nitrogens with two attached hydrogens (primary N) is 1. The van der Waals surface area contributed by atoms with E-state index in [0.29, 0.717) is 12.4 Å². The molecule has 0 aliphatic carbocycles. The lowest BCUT2D eigenvalue weighted by atomic mass is 9.85. The molecule has 112 valence electrons. The monoisotopic (exact) mass is 285 g/mol. The van der Waals surface area contributed by atoms with E-state index in [1.54, 1.807) is 6.20 Å². The first-order valence-corrected chi connectivity index (χ1v) is 7.06. The molecule has 3 N–H and O–H groups in total. The van der Waals surface area contributed by atoms with E-state index in [0.717, 1.165) is 11.3 Å². The first-order valence-electron chi connectivity index (χ1n) is 7.06. The Morgan fingerprint density at radius 1 is 1.24 bits per heavy atom. The second-order valence-corrected chi connectivity index (χ2v) is 6.19. The number of rotatable bonds is 4. The van der Waals surface area contributed by atoms with Crippen molar-refractivity contribution in [1.29, 1.82) is 0 Å². The van der Waals surface area contributed by atoms with Gasteiger partial charge in [0.1, 0.15) is 18.2 Å². The fourth-order valence-electron chi connectivity index (χ4n) is 2.20. The van der Waals surface area contributed by atoms with Crippen LogP contribution in [0.15, 0.2) is 36.5 Å². The Morgan fingerprint density at radius 2 is 2.00 bits per heavy atom. The largest absolute Gasteiger partial charge is 0.488 e. The minimum atomic E-state index is 0.0330. The Bertz CT molecular complexity index is 618. The normalized spacial score (nSPS) is 11.3. The van der Waals surface area contributed by atoms with Crippen LogP contribution in [0.2, 0.25) is 0 Å². The Kier molecular flexibility index (Phi) is 4.48. The number of aryl methyl sites for hydroxylation is 1. The lowest BCUT2D eigenvalue weighted by Gasteiger charge is -2.23. The van der Waals surface area contributed by atoms with Crippen molar-refractivity contribution in [1.82, 2.24) is 4.98 Å². The first-order chi connectivity index (χ1) is 9.91. The zero-order chi connectivity index (χ0) is 15.5. The number of nitrogen functional groups attached to an aromatic ring is 1. The standard InChI is InChI=1S/C17H23N3O/c1-12-7-8-15(14(10-12)17(2,3)4)21-11-13-6-5-9-19-16(13)20-18/h5-10H,11,18H2,1-4H3,(H,19,20). The van der Waals surface area contributed by atoms with Crippen molar-refractivity contribution < 1.29 is 4.74 Å². The van der Waals surface area contributed by atoms with Crippen LogP contribution in [-0.4, -0.2) is 4.98 Å². The molecule has 4 nitrogen and oxygen atoms in total. The molecule has 21 heavy (non-hydrogen) atoms. The van der Waals surface area contributed by atoms with Gasteiger partial charge in [-0.2, -0.15) is 0 Å². The molecule has 0 aliphatic heterocycles. The summed E-state index contributed by atoms with van der Waals surface area (Å²) < 4.78 is 6.01. The van der Waals surface area contributed by atoms with Gasteiger partial charge in [-0.1, -0.05) is 44.5 Å². The summed E-state index contributed by atoms with van der Waals surface area (Å²) in [5.74, 6) is 7.01. The third-order valence-electron chi connectivity index (χ3n) is 3.35. The van der Waals surface area contributed by atoms with Crippen molar-refractivity contribution in [2.24, 2.45) is 5.84 Å². The molecule has 2 aromatic rings. The molecular formula is C17H23N3O. The number of hydrogen-bond acceptors (Lipinski definition) is 4. The van der Waals surface area contributed by atoms with Crippen molar-refractivity contribution in [3.05, 3.63) is 53.2 Å². The minimum Gasteiger partial charge on any atom is -0.488 e. The van der Waals surface area contributed by atoms with Crippen LogP contribution in [0.25, 0.3) is 0 Å². The first kappa shape index (κ1) is 15.3. The average Bonchev–Trinajstić information content (AvgIpc) is 2.45. The van der Waals surface area contributed by atoms with Gasteiger partial charge in [0.15, 0.2) is 0 Å². The fraction of sp³-hybridized carbons (Fsp3) is 0.353. The second-order valence-electron chi connectivity index (χ2n) is 6.19. The van der Waals surface area contributed by atoms with E-state index >= 15 is 0 Å². The predicted octanol–water partition coefficient (Wildman–Crippen LogP) is 3.55. The predicted molar refractivity (Wildman–Crippen MR) is 86.3 cm³/mol. The van der Waals surface area contributed by atoms with Crippen LogP contribution >= 0.6 is 0 Å². The van der Waals surface area contributed by atoms with E-state index < -0.39 is 0 Å². The average molecular weight is 285 g/mol. The molecule has 0 aliphatic rings. The fourth-order valence-corrected chi connectivity index (χ4v) is 2.20. The lowest BCUT2D eigenvalue weighted by molar-refractivity contribution is 0.297. The van der Waals surface area contributed by atoms with Crippen molar-refractivity contribution in [3.8, 4) is 5.75 Å². The topological polar surface area (TPSA) is 60.2 Å². The third-order valence-corrected chi connectivity index (χ3v) is 3.35. The molecule has 1 aromatic carbocycles. The van der Waals surface area contributed by atoms with Gasteiger partial charge >= 0.3 is 0 Å². The van der Waals surface area contributed by atoms with Gasteiger partial charge in [0.25, 0.3) is 0 Å². The molecule has 0 radical (unpaired) electrons. The van der Waals surface area contributed by atoms with Crippen LogP contribution < -0.4 is 16.0 Å². The number of nitrogens with one attached hydrogen (secondary N) is 1. The molecule has 4 heteroatoms.